The van der Waals surface area contributed by atoms with Crippen LogP contribution >= 0.6 is 11.6 Å². The van der Waals surface area contributed by atoms with Crippen LogP contribution in [0.4, 0.5) is 0 Å². The summed E-state index contributed by atoms with van der Waals surface area (Å²) in [6, 6.07) is 7.29. The first-order valence-electron chi connectivity index (χ1n) is 10.8. The second-order valence-corrected chi connectivity index (χ2v) is 7.93. The molecule has 0 saturated carbocycles. The summed E-state index contributed by atoms with van der Waals surface area (Å²) in [5.74, 6) is -0.376. The number of carbonyl (C=O) groups excluding carboxylic acids is 2. The van der Waals surface area contributed by atoms with Crippen LogP contribution in [0.25, 0.3) is 5.76 Å². The minimum absolute atomic E-state index is 0.0626. The van der Waals surface area contributed by atoms with E-state index in [1.807, 2.05) is 13.8 Å². The molecule has 1 aliphatic heterocycles. The topological polar surface area (TPSA) is 94.5 Å². The summed E-state index contributed by atoms with van der Waals surface area (Å²) in [6.07, 6.45) is 0.621. The number of halogens is 1. The maximum atomic E-state index is 13.2. The molecule has 1 heterocycles. The highest BCUT2D eigenvalue weighted by atomic mass is 35.5. The van der Waals surface area contributed by atoms with Gasteiger partial charge in [0.2, 0.25) is 0 Å². The Morgan fingerprint density at radius 3 is 2.24 bits per heavy atom. The lowest BCUT2D eigenvalue weighted by Gasteiger charge is -2.25. The van der Waals surface area contributed by atoms with Crippen molar-refractivity contribution in [3.63, 3.8) is 0 Å². The average molecular weight is 490 g/mol. The van der Waals surface area contributed by atoms with Crippen molar-refractivity contribution in [3.05, 3.63) is 52.1 Å². The molecule has 8 nitrogen and oxygen atoms in total. The van der Waals surface area contributed by atoms with Gasteiger partial charge in [-0.05, 0) is 37.1 Å². The molecule has 0 bridgehead atoms. The second kappa shape index (κ2) is 10.7. The van der Waals surface area contributed by atoms with Crippen LogP contribution in [0, 0.1) is 0 Å². The summed E-state index contributed by atoms with van der Waals surface area (Å²) < 4.78 is 21.7. The number of aliphatic hydroxyl groups excluding tert-OH is 1. The van der Waals surface area contributed by atoms with Gasteiger partial charge in [0.05, 0.1) is 50.1 Å². The highest BCUT2D eigenvalue weighted by Gasteiger charge is 2.46. The van der Waals surface area contributed by atoms with Gasteiger partial charge in [-0.25, -0.2) is 0 Å². The largest absolute Gasteiger partial charge is 0.507 e. The number of Topliss-reactive ketones (excluding diaryl/α,β-unsaturated/α-hetero) is 1. The van der Waals surface area contributed by atoms with E-state index in [2.05, 4.69) is 0 Å². The van der Waals surface area contributed by atoms with E-state index < -0.39 is 17.7 Å². The number of benzene rings is 2. The maximum absolute atomic E-state index is 13.2. The van der Waals surface area contributed by atoms with Gasteiger partial charge in [-0.1, -0.05) is 24.6 Å². The van der Waals surface area contributed by atoms with Gasteiger partial charge >= 0.3 is 0 Å². The molecule has 3 rings (SSSR count). The first kappa shape index (κ1) is 25.2. The molecule has 2 aromatic rings. The molecule has 1 fully saturated rings. The minimum Gasteiger partial charge on any atom is -0.507 e. The predicted octanol–water partition coefficient (Wildman–Crippen LogP) is 4.60. The molecular formula is C25H28ClNO7. The summed E-state index contributed by atoms with van der Waals surface area (Å²) in [5, 5.41) is 11.6. The summed E-state index contributed by atoms with van der Waals surface area (Å²) in [5.41, 5.74) is 0.711. The molecule has 1 atom stereocenters. The Kier molecular flexibility index (Phi) is 7.94. The summed E-state index contributed by atoms with van der Waals surface area (Å²) in [6.45, 7) is 4.53. The number of hydrogen-bond donors (Lipinski definition) is 1. The van der Waals surface area contributed by atoms with Crippen molar-refractivity contribution in [3.8, 4) is 23.0 Å². The van der Waals surface area contributed by atoms with Crippen molar-refractivity contribution < 1.29 is 33.6 Å². The number of aliphatic hydroxyl groups is 1. The Hall–Kier alpha value is -3.39. The zero-order valence-corrected chi connectivity index (χ0v) is 20.6. The standard InChI is InChI=1S/C25H28ClNO7/c1-6-10-27-22(14-8-9-17(34-7-2)20(11-14)33-5)21(24(29)25(27)30)23(28)15-12-19(32-4)16(26)13-18(15)31-3/h8-9,11-13,22,28H,6-7,10H2,1-5H3/b23-21+. The van der Waals surface area contributed by atoms with Gasteiger partial charge in [0.15, 0.2) is 11.5 Å². The molecule has 0 aliphatic carbocycles. The van der Waals surface area contributed by atoms with E-state index in [4.69, 9.17) is 30.5 Å². The Morgan fingerprint density at radius 2 is 1.65 bits per heavy atom. The molecule has 2 aromatic carbocycles. The van der Waals surface area contributed by atoms with E-state index in [9.17, 15) is 14.7 Å². The highest BCUT2D eigenvalue weighted by molar-refractivity contribution is 6.46. The van der Waals surface area contributed by atoms with Crippen molar-refractivity contribution >= 4 is 29.1 Å². The van der Waals surface area contributed by atoms with Gasteiger partial charge in [-0.2, -0.15) is 0 Å². The van der Waals surface area contributed by atoms with E-state index in [0.717, 1.165) is 0 Å². The Labute approximate surface area is 203 Å². The molecule has 0 radical (unpaired) electrons. The Bertz CT molecular complexity index is 1130. The third-order valence-electron chi connectivity index (χ3n) is 5.54. The lowest BCUT2D eigenvalue weighted by atomic mass is 9.94. The van der Waals surface area contributed by atoms with Gasteiger partial charge in [0.25, 0.3) is 11.7 Å². The van der Waals surface area contributed by atoms with Crippen molar-refractivity contribution in [2.45, 2.75) is 26.3 Å². The van der Waals surface area contributed by atoms with Crippen LogP contribution in [-0.4, -0.2) is 56.2 Å². The van der Waals surface area contributed by atoms with Crippen LogP contribution in [0.3, 0.4) is 0 Å². The number of likely N-dealkylation sites (tertiary alicyclic amines) is 1. The van der Waals surface area contributed by atoms with Crippen molar-refractivity contribution in [2.75, 3.05) is 34.5 Å². The number of ketones is 1. The number of rotatable bonds is 9. The van der Waals surface area contributed by atoms with Crippen molar-refractivity contribution in [1.82, 2.24) is 4.90 Å². The molecule has 1 N–H and O–H groups in total. The Morgan fingerprint density at radius 1 is 0.971 bits per heavy atom. The van der Waals surface area contributed by atoms with Gasteiger partial charge in [-0.15, -0.1) is 0 Å². The van der Waals surface area contributed by atoms with E-state index in [1.54, 1.807) is 18.2 Å². The first-order valence-corrected chi connectivity index (χ1v) is 11.2. The smallest absolute Gasteiger partial charge is 0.295 e. The van der Waals surface area contributed by atoms with Crippen LogP contribution in [0.2, 0.25) is 5.02 Å². The molecule has 1 saturated heterocycles. The molecule has 1 unspecified atom stereocenters. The number of ether oxygens (including phenoxy) is 4. The fraction of sp³-hybridized carbons (Fsp3) is 0.360. The SMILES string of the molecule is CCCN1C(=O)C(=O)/C(=C(/O)c2cc(OC)c(Cl)cc2OC)C1c1ccc(OCC)c(OC)c1. The zero-order chi connectivity index (χ0) is 25.0. The van der Waals surface area contributed by atoms with E-state index in [1.165, 1.54) is 38.4 Å². The van der Waals surface area contributed by atoms with Crippen LogP contribution < -0.4 is 18.9 Å². The molecule has 34 heavy (non-hydrogen) atoms. The maximum Gasteiger partial charge on any atom is 0.295 e. The van der Waals surface area contributed by atoms with E-state index in [-0.39, 0.29) is 33.4 Å². The highest BCUT2D eigenvalue weighted by Crippen LogP contribution is 2.44. The number of methoxy groups -OCH3 is 3. The normalized spacial score (nSPS) is 17.1. The molecule has 0 spiro atoms. The molecule has 0 aromatic heterocycles. The van der Waals surface area contributed by atoms with Crippen LogP contribution in [0.5, 0.6) is 23.0 Å². The first-order chi connectivity index (χ1) is 16.3. The van der Waals surface area contributed by atoms with Crippen molar-refractivity contribution in [2.24, 2.45) is 0 Å². The molecule has 182 valence electrons. The minimum atomic E-state index is -0.837. The number of nitrogens with zero attached hydrogens (tertiary/aromatic N) is 1. The predicted molar refractivity (Wildman–Crippen MR) is 128 cm³/mol. The summed E-state index contributed by atoms with van der Waals surface area (Å²) in [4.78, 5) is 27.6. The summed E-state index contributed by atoms with van der Waals surface area (Å²) in [7, 11) is 4.36. The quantitative estimate of drug-likeness (QED) is 0.312. The molecule has 1 aliphatic rings. The monoisotopic (exact) mass is 489 g/mol. The summed E-state index contributed by atoms with van der Waals surface area (Å²) >= 11 is 6.20. The van der Waals surface area contributed by atoms with E-state index >= 15 is 0 Å². The van der Waals surface area contributed by atoms with Gasteiger partial charge in [0.1, 0.15) is 17.3 Å². The number of amides is 1. The fourth-order valence-electron chi connectivity index (χ4n) is 4.02. The van der Waals surface area contributed by atoms with Crippen LogP contribution in [-0.2, 0) is 9.59 Å². The third kappa shape index (κ3) is 4.50. The zero-order valence-electron chi connectivity index (χ0n) is 19.8. The number of carbonyl (C=O) groups is 2. The van der Waals surface area contributed by atoms with Gasteiger partial charge in [0, 0.05) is 12.6 Å². The Balaban J connectivity index is 2.27. The fourth-order valence-corrected chi connectivity index (χ4v) is 4.25. The molecule has 9 heteroatoms. The van der Waals surface area contributed by atoms with Gasteiger partial charge in [-0.3, -0.25) is 9.59 Å². The molecule has 1 amide bonds. The lowest BCUT2D eigenvalue weighted by molar-refractivity contribution is -0.139. The van der Waals surface area contributed by atoms with Crippen LogP contribution in [0.15, 0.2) is 35.9 Å². The van der Waals surface area contributed by atoms with Crippen molar-refractivity contribution in [1.29, 1.82) is 0 Å². The average Bonchev–Trinajstić information content (AvgIpc) is 3.09. The molecular weight excluding hydrogens is 462 g/mol. The number of hydrogen-bond acceptors (Lipinski definition) is 7. The second-order valence-electron chi connectivity index (χ2n) is 7.52. The lowest BCUT2D eigenvalue weighted by Crippen LogP contribution is -2.30. The van der Waals surface area contributed by atoms with Crippen LogP contribution in [0.1, 0.15) is 37.4 Å². The third-order valence-corrected chi connectivity index (χ3v) is 5.83. The van der Waals surface area contributed by atoms with Gasteiger partial charge < -0.3 is 29.0 Å². The van der Waals surface area contributed by atoms with E-state index in [0.29, 0.717) is 36.6 Å².